The molecule has 16 heavy (non-hydrogen) atoms. The first-order chi connectivity index (χ1) is 7.68. The van der Waals surface area contributed by atoms with Gasteiger partial charge in [-0.25, -0.2) is 14.6 Å². The summed E-state index contributed by atoms with van der Waals surface area (Å²) in [7, 11) is 0. The van der Waals surface area contributed by atoms with Crippen molar-refractivity contribution in [2.75, 3.05) is 0 Å². The summed E-state index contributed by atoms with van der Waals surface area (Å²) in [6.45, 7) is 0. The molecule has 2 N–H and O–H groups in total. The van der Waals surface area contributed by atoms with Gasteiger partial charge in [0, 0.05) is 24.2 Å². The number of hydrogen-bond donors (Lipinski definition) is 2. The lowest BCUT2D eigenvalue weighted by Crippen LogP contribution is -2.14. The number of nitrogens with zero attached hydrogens (tertiary/aromatic N) is 2. The third kappa shape index (κ3) is 1.81. The Kier molecular flexibility index (Phi) is 2.47. The van der Waals surface area contributed by atoms with E-state index in [4.69, 9.17) is 5.11 Å². The van der Waals surface area contributed by atoms with E-state index in [1.807, 2.05) is 0 Å². The van der Waals surface area contributed by atoms with E-state index >= 15 is 0 Å². The number of carboxylic acids is 1. The summed E-state index contributed by atoms with van der Waals surface area (Å²) in [6.07, 6.45) is 4.07. The van der Waals surface area contributed by atoms with Crippen LogP contribution in [0.25, 0.3) is 11.3 Å². The molecule has 2 rings (SSSR count). The van der Waals surface area contributed by atoms with Crippen LogP contribution >= 0.6 is 0 Å². The first-order valence-electron chi connectivity index (χ1n) is 4.41. The summed E-state index contributed by atoms with van der Waals surface area (Å²) in [5.74, 6) is -1.14. The van der Waals surface area contributed by atoms with Crippen molar-refractivity contribution in [3.63, 3.8) is 0 Å². The maximum atomic E-state index is 11.1. The molecule has 0 aliphatic heterocycles. The minimum Gasteiger partial charge on any atom is -0.478 e. The van der Waals surface area contributed by atoms with Gasteiger partial charge in [-0.1, -0.05) is 0 Å². The Bertz CT molecular complexity index is 577. The maximum absolute atomic E-state index is 11.1. The van der Waals surface area contributed by atoms with Crippen LogP contribution in [0.15, 0.2) is 35.5 Å². The van der Waals surface area contributed by atoms with Crippen molar-refractivity contribution < 1.29 is 9.90 Å². The van der Waals surface area contributed by atoms with Gasteiger partial charge in [0.1, 0.15) is 5.56 Å². The van der Waals surface area contributed by atoms with Crippen molar-refractivity contribution in [2.24, 2.45) is 0 Å². The molecule has 0 radical (unpaired) electrons. The SMILES string of the molecule is O=C(O)c1cnc(=O)[nH]c1-c1ccncc1. The highest BCUT2D eigenvalue weighted by Gasteiger charge is 2.12. The Morgan fingerprint density at radius 1 is 1.31 bits per heavy atom. The summed E-state index contributed by atoms with van der Waals surface area (Å²) in [5.41, 5.74) is 0.171. The van der Waals surface area contributed by atoms with Crippen molar-refractivity contribution in [1.29, 1.82) is 0 Å². The van der Waals surface area contributed by atoms with E-state index in [2.05, 4.69) is 15.0 Å². The molecule has 0 fully saturated rings. The molecule has 0 spiro atoms. The van der Waals surface area contributed by atoms with E-state index in [1.165, 1.54) is 12.4 Å². The Morgan fingerprint density at radius 3 is 2.62 bits per heavy atom. The molecule has 0 unspecified atom stereocenters. The molecule has 2 aromatic rings. The molecule has 6 heteroatoms. The van der Waals surface area contributed by atoms with Gasteiger partial charge < -0.3 is 10.1 Å². The van der Waals surface area contributed by atoms with Crippen LogP contribution in [0.5, 0.6) is 0 Å². The van der Waals surface area contributed by atoms with Crippen LogP contribution < -0.4 is 5.69 Å². The van der Waals surface area contributed by atoms with E-state index in [9.17, 15) is 9.59 Å². The lowest BCUT2D eigenvalue weighted by Gasteiger charge is -2.03. The second kappa shape index (κ2) is 3.93. The monoisotopic (exact) mass is 217 g/mol. The van der Waals surface area contributed by atoms with Gasteiger partial charge in [-0.05, 0) is 12.1 Å². The lowest BCUT2D eigenvalue weighted by atomic mass is 10.1. The predicted octanol–water partition coefficient (Wildman–Crippen LogP) is 0.530. The fourth-order valence-corrected chi connectivity index (χ4v) is 1.30. The molecule has 0 aliphatic rings. The van der Waals surface area contributed by atoms with Crippen molar-refractivity contribution in [3.8, 4) is 11.3 Å². The van der Waals surface area contributed by atoms with Crippen LogP contribution in [0, 0.1) is 0 Å². The number of H-pyrrole nitrogens is 1. The second-order valence-corrected chi connectivity index (χ2v) is 3.02. The van der Waals surface area contributed by atoms with E-state index in [0.717, 1.165) is 6.20 Å². The largest absolute Gasteiger partial charge is 0.478 e. The number of rotatable bonds is 2. The first-order valence-corrected chi connectivity index (χ1v) is 4.41. The van der Waals surface area contributed by atoms with Gasteiger partial charge in [0.2, 0.25) is 0 Å². The van der Waals surface area contributed by atoms with Crippen molar-refractivity contribution >= 4 is 5.97 Å². The number of carbonyl (C=O) groups is 1. The molecule has 2 aromatic heterocycles. The highest BCUT2D eigenvalue weighted by molar-refractivity contribution is 5.94. The molecule has 0 saturated heterocycles. The number of nitrogens with one attached hydrogen (secondary N) is 1. The smallest absolute Gasteiger partial charge is 0.345 e. The Balaban J connectivity index is 2.68. The van der Waals surface area contributed by atoms with E-state index in [-0.39, 0.29) is 11.3 Å². The number of aromatic nitrogens is 3. The Morgan fingerprint density at radius 2 is 2.00 bits per heavy atom. The Labute approximate surface area is 89.6 Å². The lowest BCUT2D eigenvalue weighted by molar-refractivity contribution is 0.0697. The summed E-state index contributed by atoms with van der Waals surface area (Å²) >= 11 is 0. The van der Waals surface area contributed by atoms with Crippen LogP contribution in [0.4, 0.5) is 0 Å². The molecule has 0 saturated carbocycles. The number of carboxylic acid groups (broad SMARTS) is 1. The van der Waals surface area contributed by atoms with Crippen LogP contribution in [-0.2, 0) is 0 Å². The fraction of sp³-hybridized carbons (Fsp3) is 0. The number of aromatic amines is 1. The molecule has 0 bridgehead atoms. The second-order valence-electron chi connectivity index (χ2n) is 3.02. The highest BCUT2D eigenvalue weighted by Crippen LogP contribution is 2.18. The van der Waals surface area contributed by atoms with Gasteiger partial charge in [-0.2, -0.15) is 0 Å². The number of hydrogen-bond acceptors (Lipinski definition) is 4. The molecule has 2 heterocycles. The maximum Gasteiger partial charge on any atom is 0.345 e. The van der Waals surface area contributed by atoms with Gasteiger partial charge in [-0.15, -0.1) is 0 Å². The number of aromatic carboxylic acids is 1. The molecule has 0 amide bonds. The van der Waals surface area contributed by atoms with Crippen LogP contribution in [0.3, 0.4) is 0 Å². The quantitative estimate of drug-likeness (QED) is 0.764. The first kappa shape index (κ1) is 10.0. The summed E-state index contributed by atoms with van der Waals surface area (Å²) in [5, 5.41) is 8.94. The standard InChI is InChI=1S/C10H7N3O3/c14-9(15)7-5-12-10(16)13-8(7)6-1-3-11-4-2-6/h1-5H,(H,14,15)(H,12,13,16). The zero-order valence-electron chi connectivity index (χ0n) is 8.04. The minimum atomic E-state index is -1.14. The summed E-state index contributed by atoms with van der Waals surface area (Å²) in [4.78, 5) is 31.6. The van der Waals surface area contributed by atoms with E-state index < -0.39 is 11.7 Å². The number of pyridine rings is 1. The molecular weight excluding hydrogens is 210 g/mol. The van der Waals surface area contributed by atoms with Crippen LogP contribution in [0.1, 0.15) is 10.4 Å². The van der Waals surface area contributed by atoms with Crippen LogP contribution in [-0.4, -0.2) is 26.0 Å². The van der Waals surface area contributed by atoms with Crippen molar-refractivity contribution in [2.45, 2.75) is 0 Å². The minimum absolute atomic E-state index is 0.0502. The molecule has 6 nitrogen and oxygen atoms in total. The van der Waals surface area contributed by atoms with Gasteiger partial charge in [-0.3, -0.25) is 4.98 Å². The topological polar surface area (TPSA) is 95.9 Å². The average molecular weight is 217 g/mol. The third-order valence-corrected chi connectivity index (χ3v) is 2.01. The summed E-state index contributed by atoms with van der Waals surface area (Å²) in [6, 6.07) is 3.22. The molecule has 80 valence electrons. The van der Waals surface area contributed by atoms with Gasteiger partial charge in [0.05, 0.1) is 5.69 Å². The average Bonchev–Trinajstić information content (AvgIpc) is 2.29. The van der Waals surface area contributed by atoms with Gasteiger partial charge in [0.15, 0.2) is 0 Å². The van der Waals surface area contributed by atoms with Gasteiger partial charge in [0.25, 0.3) is 0 Å². The normalized spacial score (nSPS) is 10.0. The van der Waals surface area contributed by atoms with Crippen LogP contribution in [0.2, 0.25) is 0 Å². The predicted molar refractivity (Wildman–Crippen MR) is 55.0 cm³/mol. The highest BCUT2D eigenvalue weighted by atomic mass is 16.4. The van der Waals surface area contributed by atoms with Crippen molar-refractivity contribution in [3.05, 3.63) is 46.8 Å². The van der Waals surface area contributed by atoms with E-state index in [1.54, 1.807) is 12.1 Å². The Hall–Kier alpha value is -2.50. The molecule has 0 aromatic carbocycles. The fourth-order valence-electron chi connectivity index (χ4n) is 1.30. The molecule has 0 atom stereocenters. The third-order valence-electron chi connectivity index (χ3n) is 2.01. The van der Waals surface area contributed by atoms with Crippen molar-refractivity contribution in [1.82, 2.24) is 15.0 Å². The molecule has 0 aliphatic carbocycles. The summed E-state index contributed by atoms with van der Waals surface area (Å²) < 4.78 is 0. The van der Waals surface area contributed by atoms with E-state index in [0.29, 0.717) is 5.56 Å². The zero-order valence-corrected chi connectivity index (χ0v) is 8.04. The molecular formula is C10H7N3O3. The zero-order chi connectivity index (χ0) is 11.5. The van der Waals surface area contributed by atoms with Gasteiger partial charge >= 0.3 is 11.7 Å².